The average Bonchev–Trinajstić information content (AvgIpc) is 3.07. The number of anilines is 1. The lowest BCUT2D eigenvalue weighted by Crippen LogP contribution is -2.24. The summed E-state index contributed by atoms with van der Waals surface area (Å²) in [6.45, 7) is 0. The first-order valence-electron chi connectivity index (χ1n) is 10.8. The number of carbonyl (C=O) groups is 3. The highest BCUT2D eigenvalue weighted by Crippen LogP contribution is 2.38. The number of benzene rings is 3. The molecule has 0 radical (unpaired) electrons. The van der Waals surface area contributed by atoms with Crippen molar-refractivity contribution in [2.75, 3.05) is 5.32 Å². The maximum absolute atomic E-state index is 13.1. The van der Waals surface area contributed by atoms with Crippen molar-refractivity contribution in [1.82, 2.24) is 4.57 Å². The van der Waals surface area contributed by atoms with E-state index < -0.39 is 34.4 Å². The van der Waals surface area contributed by atoms with Crippen LogP contribution < -0.4 is 5.32 Å². The number of aromatic nitrogens is 1. The maximum atomic E-state index is 13.1. The Balaban J connectivity index is 1.59. The van der Waals surface area contributed by atoms with Gasteiger partial charge in [0, 0.05) is 34.2 Å². The van der Waals surface area contributed by atoms with Crippen molar-refractivity contribution >= 4 is 68.4 Å². The van der Waals surface area contributed by atoms with E-state index in [1.165, 1.54) is 18.2 Å². The minimum atomic E-state index is -4.73. The van der Waals surface area contributed by atoms with E-state index in [9.17, 15) is 37.8 Å². The highest BCUT2D eigenvalue weighted by atomic mass is 127. The Morgan fingerprint density at radius 2 is 1.79 bits per heavy atom. The highest BCUT2D eigenvalue weighted by Gasteiger charge is 2.33. The summed E-state index contributed by atoms with van der Waals surface area (Å²) in [5.41, 5.74) is 0.845. The zero-order valence-corrected chi connectivity index (χ0v) is 22.3. The molecular weight excluding hydrogens is 640 g/mol. The molecule has 0 aliphatic heterocycles. The topological polar surface area (TPSA) is 109 Å². The van der Waals surface area contributed by atoms with Crippen LogP contribution >= 0.6 is 34.2 Å². The van der Waals surface area contributed by atoms with E-state index in [0.717, 1.165) is 6.07 Å². The third-order valence-electron chi connectivity index (χ3n) is 5.83. The molecule has 0 fully saturated rings. The number of phenols is 1. The largest absolute Gasteiger partial charge is 0.507 e. The Bertz CT molecular complexity index is 1630. The predicted octanol–water partition coefficient (Wildman–Crippen LogP) is 6.28. The number of rotatable bonds is 6. The van der Waals surface area contributed by atoms with Crippen LogP contribution in [-0.4, -0.2) is 32.4 Å². The van der Waals surface area contributed by atoms with Gasteiger partial charge in [0.25, 0.3) is 5.91 Å². The number of carboxylic acid groups (broad SMARTS) is 1. The third-order valence-corrected chi connectivity index (χ3v) is 7.26. The predicted molar refractivity (Wildman–Crippen MR) is 143 cm³/mol. The Morgan fingerprint density at radius 3 is 2.45 bits per heavy atom. The number of aryl methyl sites for hydroxylation is 1. The van der Waals surface area contributed by atoms with Crippen molar-refractivity contribution in [2.45, 2.75) is 12.6 Å². The van der Waals surface area contributed by atoms with Gasteiger partial charge in [0.15, 0.2) is 0 Å². The van der Waals surface area contributed by atoms with Crippen molar-refractivity contribution in [2.24, 2.45) is 7.05 Å². The van der Waals surface area contributed by atoms with Crippen molar-refractivity contribution in [1.29, 1.82) is 0 Å². The van der Waals surface area contributed by atoms with E-state index in [2.05, 4.69) is 27.9 Å². The Hall–Kier alpha value is -3.58. The number of fused-ring (bicyclic) bond motifs is 1. The maximum Gasteiger partial charge on any atom is 0.417 e. The molecule has 0 spiro atoms. The number of carbonyl (C=O) groups excluding carboxylic acids is 2. The normalized spacial score (nSPS) is 11.5. The number of nitrogens with one attached hydrogen (secondary N) is 1. The number of hydrogen-bond acceptors (Lipinski definition) is 4. The lowest BCUT2D eigenvalue weighted by Gasteiger charge is -2.12. The first kappa shape index (κ1) is 27.5. The quantitative estimate of drug-likeness (QED) is 0.167. The molecule has 7 nitrogen and oxygen atoms in total. The highest BCUT2D eigenvalue weighted by molar-refractivity contribution is 14.1. The van der Waals surface area contributed by atoms with Gasteiger partial charge in [0.2, 0.25) is 5.78 Å². The Labute approximate surface area is 232 Å². The first-order chi connectivity index (χ1) is 17.8. The number of alkyl halides is 3. The molecule has 0 bridgehead atoms. The molecule has 12 heteroatoms. The van der Waals surface area contributed by atoms with E-state index in [0.29, 0.717) is 37.4 Å². The van der Waals surface area contributed by atoms with Crippen molar-refractivity contribution in [3.8, 4) is 17.0 Å². The van der Waals surface area contributed by atoms with Gasteiger partial charge in [0.1, 0.15) is 11.3 Å². The van der Waals surface area contributed by atoms with Gasteiger partial charge in [-0.15, -0.1) is 0 Å². The fourth-order valence-corrected chi connectivity index (χ4v) is 5.36. The third kappa shape index (κ3) is 5.34. The summed E-state index contributed by atoms with van der Waals surface area (Å²) >= 11 is 7.66. The summed E-state index contributed by atoms with van der Waals surface area (Å²) in [7, 11) is 1.74. The van der Waals surface area contributed by atoms with Gasteiger partial charge in [-0.1, -0.05) is 29.8 Å². The van der Waals surface area contributed by atoms with Crippen LogP contribution in [0.4, 0.5) is 18.9 Å². The average molecular weight is 657 g/mol. The molecule has 4 aromatic rings. The molecule has 3 N–H and O–H groups in total. The minimum Gasteiger partial charge on any atom is -0.507 e. The second-order valence-electron chi connectivity index (χ2n) is 8.36. The molecule has 1 aromatic heterocycles. The van der Waals surface area contributed by atoms with Gasteiger partial charge >= 0.3 is 12.1 Å². The second-order valence-corrected chi connectivity index (χ2v) is 9.85. The van der Waals surface area contributed by atoms with E-state index in [-0.39, 0.29) is 23.4 Å². The summed E-state index contributed by atoms with van der Waals surface area (Å²) < 4.78 is 41.7. The van der Waals surface area contributed by atoms with Crippen molar-refractivity contribution in [3.05, 3.63) is 79.9 Å². The first-order valence-corrected chi connectivity index (χ1v) is 12.3. The van der Waals surface area contributed by atoms with Crippen molar-refractivity contribution in [3.63, 3.8) is 0 Å². The number of nitrogens with zero attached hydrogens (tertiary/aromatic N) is 1. The van der Waals surface area contributed by atoms with Gasteiger partial charge in [-0.3, -0.25) is 9.59 Å². The van der Waals surface area contributed by atoms with E-state index in [4.69, 9.17) is 11.6 Å². The molecule has 0 atom stereocenters. The van der Waals surface area contributed by atoms with Gasteiger partial charge < -0.3 is 20.1 Å². The molecule has 0 saturated heterocycles. The van der Waals surface area contributed by atoms with Crippen LogP contribution in [0.1, 0.15) is 21.5 Å². The zero-order valence-electron chi connectivity index (χ0n) is 19.4. The number of amides is 1. The lowest BCUT2D eigenvalue weighted by molar-refractivity contribution is -0.137. The molecule has 1 heterocycles. The van der Waals surface area contributed by atoms with Crippen LogP contribution in [0.25, 0.3) is 22.2 Å². The van der Waals surface area contributed by atoms with Crippen LogP contribution in [0, 0.1) is 3.57 Å². The zero-order chi connectivity index (χ0) is 27.9. The fraction of sp³-hybridized carbons (Fsp3) is 0.115. The molecule has 0 aliphatic rings. The molecular formula is C26H17ClF3IN2O5. The minimum absolute atomic E-state index is 0.220. The van der Waals surface area contributed by atoms with Crippen LogP contribution in [0.5, 0.6) is 5.75 Å². The molecule has 38 heavy (non-hydrogen) atoms. The van der Waals surface area contributed by atoms with Gasteiger partial charge in [-0.25, -0.2) is 4.79 Å². The molecule has 0 aliphatic carbocycles. The van der Waals surface area contributed by atoms with Crippen LogP contribution in [0.15, 0.2) is 54.6 Å². The van der Waals surface area contributed by atoms with Crippen LogP contribution in [-0.2, 0) is 29.2 Å². The fourth-order valence-electron chi connectivity index (χ4n) is 4.03. The Kier molecular flexibility index (Phi) is 7.44. The standard InChI is InChI=1S/C26H17ClF3IN2O5/c1-33-19-11-20(34)16(25(37)38)10-15(19)22(31)23(33)13-4-2-3-12(7-13)8-21(35)24(36)32-14-5-6-18(27)17(9-14)26(28,29)30/h2-7,9-11,34H,8H2,1H3,(H,32,36)(H,37,38). The molecule has 0 unspecified atom stereocenters. The number of aromatic carboxylic acids is 1. The van der Waals surface area contributed by atoms with E-state index >= 15 is 0 Å². The number of hydrogen-bond donors (Lipinski definition) is 3. The summed E-state index contributed by atoms with van der Waals surface area (Å²) in [6.07, 6.45) is -5.04. The lowest BCUT2D eigenvalue weighted by atomic mass is 10.0. The van der Waals surface area contributed by atoms with E-state index in [1.807, 2.05) is 0 Å². The molecule has 3 aromatic carbocycles. The molecule has 0 saturated carbocycles. The number of carboxylic acids is 1. The summed E-state index contributed by atoms with van der Waals surface area (Å²) in [4.78, 5) is 36.4. The number of halogens is 5. The number of Topliss-reactive ketones (excluding diaryl/α,β-unsaturated/α-hetero) is 1. The molecule has 196 valence electrons. The van der Waals surface area contributed by atoms with E-state index in [1.54, 1.807) is 35.9 Å². The Morgan fingerprint density at radius 1 is 1.08 bits per heavy atom. The van der Waals surface area contributed by atoms with Gasteiger partial charge in [-0.05, 0) is 64.0 Å². The molecule has 4 rings (SSSR count). The smallest absolute Gasteiger partial charge is 0.417 e. The van der Waals surface area contributed by atoms with Crippen LogP contribution in [0.2, 0.25) is 5.02 Å². The summed E-state index contributed by atoms with van der Waals surface area (Å²) in [5.74, 6) is -3.59. The van der Waals surface area contributed by atoms with Gasteiger partial charge in [-0.2, -0.15) is 13.2 Å². The SMILES string of the molecule is Cn1c(-c2cccc(CC(=O)C(=O)Nc3ccc(Cl)c(C(F)(F)F)c3)c2)c(I)c2cc(C(=O)O)c(O)cc21. The number of aromatic hydroxyl groups is 1. The monoisotopic (exact) mass is 656 g/mol. The van der Waals surface area contributed by atoms with Crippen LogP contribution in [0.3, 0.4) is 0 Å². The molecule has 1 amide bonds. The summed E-state index contributed by atoms with van der Waals surface area (Å²) in [5, 5.41) is 21.7. The van der Waals surface area contributed by atoms with Gasteiger partial charge in [0.05, 0.1) is 21.8 Å². The summed E-state index contributed by atoms with van der Waals surface area (Å²) in [6, 6.07) is 12.3. The van der Waals surface area contributed by atoms with Crippen molar-refractivity contribution < 1.29 is 37.8 Å². The second kappa shape index (κ2) is 10.3. The number of ketones is 1.